The van der Waals surface area contributed by atoms with Crippen LogP contribution in [0.25, 0.3) is 11.1 Å². The highest BCUT2D eigenvalue weighted by atomic mass is 16.4. The van der Waals surface area contributed by atoms with Crippen molar-refractivity contribution in [2.75, 3.05) is 19.6 Å². The molecule has 0 unspecified atom stereocenters. The number of aliphatic carboxylic acids is 1. The third kappa shape index (κ3) is 5.01. The lowest BCUT2D eigenvalue weighted by Gasteiger charge is -2.28. The van der Waals surface area contributed by atoms with Gasteiger partial charge in [0.2, 0.25) is 0 Å². The number of carbonyl (C=O) groups is 3. The Labute approximate surface area is 168 Å². The smallest absolute Gasteiger partial charge is 0.322 e. The minimum Gasteiger partial charge on any atom is -0.511 e. The maximum atomic E-state index is 12.6. The van der Waals surface area contributed by atoms with Crippen molar-refractivity contribution in [3.05, 3.63) is 71.5 Å². The lowest BCUT2D eigenvalue weighted by Crippen LogP contribution is -2.44. The number of carbonyl (C=O) groups excluding carboxylic acids is 2. The number of amides is 2. The van der Waals surface area contributed by atoms with Gasteiger partial charge in [-0.15, -0.1) is 0 Å². The van der Waals surface area contributed by atoms with Crippen LogP contribution < -0.4 is 5.32 Å². The number of benzene rings is 2. The summed E-state index contributed by atoms with van der Waals surface area (Å²) in [5.74, 6) is -2.98. The molecule has 1 aliphatic heterocycles. The summed E-state index contributed by atoms with van der Waals surface area (Å²) in [6.45, 7) is 0.0889. The molecular weight excluding hydrogens is 372 g/mol. The van der Waals surface area contributed by atoms with Crippen molar-refractivity contribution in [3.63, 3.8) is 0 Å². The minimum absolute atomic E-state index is 0.161. The van der Waals surface area contributed by atoms with Crippen LogP contribution in [0.5, 0.6) is 0 Å². The maximum Gasteiger partial charge on any atom is 0.322 e. The van der Waals surface area contributed by atoms with Crippen molar-refractivity contribution in [1.82, 2.24) is 10.2 Å². The van der Waals surface area contributed by atoms with Crippen molar-refractivity contribution in [3.8, 4) is 11.1 Å². The molecule has 150 valence electrons. The van der Waals surface area contributed by atoms with Crippen molar-refractivity contribution in [1.29, 1.82) is 0 Å². The second-order valence-corrected chi connectivity index (χ2v) is 6.75. The Morgan fingerprint density at radius 1 is 1.00 bits per heavy atom. The van der Waals surface area contributed by atoms with Gasteiger partial charge in [0.25, 0.3) is 11.8 Å². The van der Waals surface area contributed by atoms with E-state index in [9.17, 15) is 19.5 Å². The van der Waals surface area contributed by atoms with E-state index in [0.29, 0.717) is 19.5 Å². The van der Waals surface area contributed by atoms with E-state index >= 15 is 0 Å². The zero-order valence-electron chi connectivity index (χ0n) is 15.8. The Hall–Kier alpha value is -3.61. The SMILES string of the molecule is O=C(O)CNC(=O)C1=C(O)CCN(CCc2ccc(-c3ccccc3)cc2)C1=O. The molecule has 0 radical (unpaired) electrons. The van der Waals surface area contributed by atoms with Crippen LogP contribution in [0.3, 0.4) is 0 Å². The van der Waals surface area contributed by atoms with Gasteiger partial charge in [-0.3, -0.25) is 14.4 Å². The summed E-state index contributed by atoms with van der Waals surface area (Å²) in [4.78, 5) is 36.8. The van der Waals surface area contributed by atoms with Crippen LogP contribution in [0.4, 0.5) is 0 Å². The van der Waals surface area contributed by atoms with Crippen molar-refractivity contribution in [2.24, 2.45) is 0 Å². The van der Waals surface area contributed by atoms with Crippen LogP contribution >= 0.6 is 0 Å². The van der Waals surface area contributed by atoms with Gasteiger partial charge in [-0.05, 0) is 23.1 Å². The van der Waals surface area contributed by atoms with Gasteiger partial charge in [-0.1, -0.05) is 54.6 Å². The predicted molar refractivity (Wildman–Crippen MR) is 107 cm³/mol. The summed E-state index contributed by atoms with van der Waals surface area (Å²) in [6, 6.07) is 18.1. The van der Waals surface area contributed by atoms with Gasteiger partial charge in [0, 0.05) is 19.5 Å². The van der Waals surface area contributed by atoms with E-state index in [-0.39, 0.29) is 17.8 Å². The first-order valence-electron chi connectivity index (χ1n) is 9.31. The lowest BCUT2D eigenvalue weighted by atomic mass is 10.0. The van der Waals surface area contributed by atoms with Gasteiger partial charge in [0.05, 0.1) is 0 Å². The number of hydrogen-bond acceptors (Lipinski definition) is 4. The van der Waals surface area contributed by atoms with Crippen LogP contribution in [0.15, 0.2) is 65.9 Å². The second kappa shape index (κ2) is 9.05. The number of aliphatic hydroxyl groups excluding tert-OH is 1. The zero-order chi connectivity index (χ0) is 20.8. The Kier molecular flexibility index (Phi) is 6.29. The molecule has 0 saturated heterocycles. The quantitative estimate of drug-likeness (QED) is 0.624. The Balaban J connectivity index is 1.61. The molecule has 0 aromatic heterocycles. The average molecular weight is 394 g/mol. The van der Waals surface area contributed by atoms with E-state index in [1.54, 1.807) is 0 Å². The molecule has 0 bridgehead atoms. The molecule has 3 N–H and O–H groups in total. The number of hydrogen-bond donors (Lipinski definition) is 3. The lowest BCUT2D eigenvalue weighted by molar-refractivity contribution is -0.138. The van der Waals surface area contributed by atoms with Gasteiger partial charge in [-0.2, -0.15) is 0 Å². The summed E-state index contributed by atoms with van der Waals surface area (Å²) in [7, 11) is 0. The number of rotatable bonds is 7. The first kappa shape index (κ1) is 20.1. The molecule has 0 saturated carbocycles. The Morgan fingerprint density at radius 3 is 2.31 bits per heavy atom. The van der Waals surface area contributed by atoms with Crippen LogP contribution in [-0.2, 0) is 20.8 Å². The second-order valence-electron chi connectivity index (χ2n) is 6.75. The molecular formula is C22H22N2O5. The highest BCUT2D eigenvalue weighted by Gasteiger charge is 2.31. The van der Waals surface area contributed by atoms with Crippen LogP contribution in [-0.4, -0.2) is 52.5 Å². The molecule has 0 atom stereocenters. The number of aliphatic hydroxyl groups is 1. The first-order valence-corrected chi connectivity index (χ1v) is 9.31. The fraction of sp³-hybridized carbons (Fsp3) is 0.227. The monoisotopic (exact) mass is 394 g/mol. The van der Waals surface area contributed by atoms with Crippen LogP contribution in [0, 0.1) is 0 Å². The summed E-state index contributed by atoms with van der Waals surface area (Å²) >= 11 is 0. The molecule has 3 rings (SSSR count). The van der Waals surface area contributed by atoms with E-state index in [2.05, 4.69) is 5.32 Å². The largest absolute Gasteiger partial charge is 0.511 e. The number of carboxylic acids is 1. The van der Waals surface area contributed by atoms with Gasteiger partial charge in [0.15, 0.2) is 0 Å². The fourth-order valence-corrected chi connectivity index (χ4v) is 3.19. The Bertz CT molecular complexity index is 935. The summed E-state index contributed by atoms with van der Waals surface area (Å²) in [5.41, 5.74) is 2.90. The van der Waals surface area contributed by atoms with Gasteiger partial charge in [-0.25, -0.2) is 0 Å². The molecule has 7 nitrogen and oxygen atoms in total. The summed E-state index contributed by atoms with van der Waals surface area (Å²) in [5, 5.41) is 20.7. The number of nitrogens with one attached hydrogen (secondary N) is 1. The Morgan fingerprint density at radius 2 is 1.66 bits per heavy atom. The topological polar surface area (TPSA) is 107 Å². The van der Waals surface area contributed by atoms with Crippen LogP contribution in [0.2, 0.25) is 0 Å². The van der Waals surface area contributed by atoms with Crippen molar-refractivity contribution in [2.45, 2.75) is 12.8 Å². The third-order valence-corrected chi connectivity index (χ3v) is 4.77. The van der Waals surface area contributed by atoms with Gasteiger partial charge in [0.1, 0.15) is 17.9 Å². The molecule has 0 spiro atoms. The molecule has 0 fully saturated rings. The zero-order valence-corrected chi connectivity index (χ0v) is 15.8. The minimum atomic E-state index is -1.22. The highest BCUT2D eigenvalue weighted by Crippen LogP contribution is 2.21. The highest BCUT2D eigenvalue weighted by molar-refractivity contribution is 6.19. The molecule has 29 heavy (non-hydrogen) atoms. The van der Waals surface area contributed by atoms with Crippen molar-refractivity contribution >= 4 is 17.8 Å². The molecule has 0 aliphatic carbocycles. The standard InChI is InChI=1S/C22H22N2O5/c25-18-11-13-24(22(29)20(18)21(28)23-14-19(26)27)12-10-15-6-8-17(9-7-15)16-4-2-1-3-5-16/h1-9,25H,10-14H2,(H,23,28)(H,26,27). The summed E-state index contributed by atoms with van der Waals surface area (Å²) < 4.78 is 0. The molecule has 2 aromatic rings. The van der Waals surface area contributed by atoms with Gasteiger partial charge >= 0.3 is 5.97 Å². The van der Waals surface area contributed by atoms with Crippen molar-refractivity contribution < 1.29 is 24.6 Å². The number of carboxylic acid groups (broad SMARTS) is 1. The first-order chi connectivity index (χ1) is 14.0. The molecule has 2 amide bonds. The number of nitrogens with zero attached hydrogens (tertiary/aromatic N) is 1. The summed E-state index contributed by atoms with van der Waals surface area (Å²) in [6.07, 6.45) is 0.764. The molecule has 1 aliphatic rings. The average Bonchev–Trinajstić information content (AvgIpc) is 2.73. The molecule has 1 heterocycles. The fourth-order valence-electron chi connectivity index (χ4n) is 3.19. The predicted octanol–water partition coefficient (Wildman–Crippen LogP) is 2.14. The van der Waals surface area contributed by atoms with E-state index in [1.165, 1.54) is 4.90 Å². The van der Waals surface area contributed by atoms with E-state index in [1.807, 2.05) is 54.6 Å². The maximum absolute atomic E-state index is 12.6. The third-order valence-electron chi connectivity index (χ3n) is 4.77. The van der Waals surface area contributed by atoms with E-state index in [4.69, 9.17) is 5.11 Å². The van der Waals surface area contributed by atoms with Crippen LogP contribution in [0.1, 0.15) is 12.0 Å². The van der Waals surface area contributed by atoms with E-state index in [0.717, 1.165) is 16.7 Å². The normalized spacial score (nSPS) is 14.1. The van der Waals surface area contributed by atoms with E-state index < -0.39 is 24.3 Å². The van der Waals surface area contributed by atoms with Gasteiger partial charge < -0.3 is 20.4 Å². The molecule has 2 aromatic carbocycles. The molecule has 7 heteroatoms.